The van der Waals surface area contributed by atoms with Gasteiger partial charge in [0.25, 0.3) is 0 Å². The lowest BCUT2D eigenvalue weighted by atomic mass is 10.1. The standard InChI is InChI=1S/C13H11Cl2NO/c1-9-4-10(6-14)2-3-13(9)17-12-5-11(15)7-16-8-12/h2-5,7-8H,6H2,1H3. The number of ether oxygens (including phenoxy) is 1. The van der Waals surface area contributed by atoms with Crippen LogP contribution in [0.15, 0.2) is 36.7 Å². The fourth-order valence-corrected chi connectivity index (χ4v) is 1.81. The van der Waals surface area contributed by atoms with Gasteiger partial charge in [-0.05, 0) is 24.1 Å². The SMILES string of the molecule is Cc1cc(CCl)ccc1Oc1cncc(Cl)c1. The Labute approximate surface area is 110 Å². The van der Waals surface area contributed by atoms with Gasteiger partial charge in [0, 0.05) is 18.1 Å². The predicted octanol–water partition coefficient (Wildman–Crippen LogP) is 4.57. The molecule has 0 aliphatic heterocycles. The molecule has 0 bridgehead atoms. The van der Waals surface area contributed by atoms with Crippen LogP contribution in [0, 0.1) is 6.92 Å². The van der Waals surface area contributed by atoms with E-state index in [4.69, 9.17) is 27.9 Å². The average Bonchev–Trinajstić information content (AvgIpc) is 2.32. The molecule has 0 unspecified atom stereocenters. The quantitative estimate of drug-likeness (QED) is 0.760. The van der Waals surface area contributed by atoms with Gasteiger partial charge in [-0.1, -0.05) is 23.7 Å². The topological polar surface area (TPSA) is 22.1 Å². The maximum absolute atomic E-state index is 5.84. The normalized spacial score (nSPS) is 10.3. The molecule has 0 atom stereocenters. The molecular weight excluding hydrogens is 257 g/mol. The number of pyridine rings is 1. The summed E-state index contributed by atoms with van der Waals surface area (Å²) in [5, 5.41) is 0.553. The summed E-state index contributed by atoms with van der Waals surface area (Å²) in [6, 6.07) is 7.56. The van der Waals surface area contributed by atoms with Crippen molar-refractivity contribution in [2.24, 2.45) is 0 Å². The summed E-state index contributed by atoms with van der Waals surface area (Å²) in [7, 11) is 0. The van der Waals surface area contributed by atoms with Gasteiger partial charge in [-0.25, -0.2) is 0 Å². The molecule has 88 valence electrons. The second-order valence-corrected chi connectivity index (χ2v) is 4.38. The van der Waals surface area contributed by atoms with Gasteiger partial charge >= 0.3 is 0 Å². The summed E-state index contributed by atoms with van der Waals surface area (Å²) in [4.78, 5) is 3.97. The Morgan fingerprint density at radius 1 is 1.24 bits per heavy atom. The summed E-state index contributed by atoms with van der Waals surface area (Å²) in [5.74, 6) is 1.90. The van der Waals surface area contributed by atoms with Gasteiger partial charge in [0.15, 0.2) is 0 Å². The van der Waals surface area contributed by atoms with Crippen molar-refractivity contribution in [1.29, 1.82) is 0 Å². The Morgan fingerprint density at radius 3 is 2.71 bits per heavy atom. The van der Waals surface area contributed by atoms with Crippen LogP contribution in [0.2, 0.25) is 5.02 Å². The van der Waals surface area contributed by atoms with E-state index >= 15 is 0 Å². The van der Waals surface area contributed by atoms with Crippen molar-refractivity contribution in [3.05, 3.63) is 52.8 Å². The molecule has 2 nitrogen and oxygen atoms in total. The van der Waals surface area contributed by atoms with Crippen molar-refractivity contribution in [3.8, 4) is 11.5 Å². The molecule has 0 spiro atoms. The van der Waals surface area contributed by atoms with Gasteiger partial charge in [0.1, 0.15) is 11.5 Å². The Bertz CT molecular complexity index is 529. The van der Waals surface area contributed by atoms with Crippen LogP contribution in [0.1, 0.15) is 11.1 Å². The van der Waals surface area contributed by atoms with Gasteiger partial charge in [0.05, 0.1) is 11.2 Å². The molecule has 1 aromatic heterocycles. The van der Waals surface area contributed by atoms with Crippen LogP contribution in [0.3, 0.4) is 0 Å². The third kappa shape index (κ3) is 3.11. The Hall–Kier alpha value is -1.25. The summed E-state index contributed by atoms with van der Waals surface area (Å²) in [6.07, 6.45) is 3.19. The van der Waals surface area contributed by atoms with E-state index in [1.54, 1.807) is 18.5 Å². The van der Waals surface area contributed by atoms with E-state index in [1.807, 2.05) is 25.1 Å². The molecule has 0 fully saturated rings. The molecule has 0 N–H and O–H groups in total. The fraction of sp³-hybridized carbons (Fsp3) is 0.154. The molecule has 1 heterocycles. The van der Waals surface area contributed by atoms with Gasteiger partial charge in [-0.3, -0.25) is 4.98 Å². The van der Waals surface area contributed by atoms with Crippen molar-refractivity contribution >= 4 is 23.2 Å². The van der Waals surface area contributed by atoms with Crippen LogP contribution < -0.4 is 4.74 Å². The highest BCUT2D eigenvalue weighted by atomic mass is 35.5. The third-order valence-electron chi connectivity index (χ3n) is 2.30. The molecule has 17 heavy (non-hydrogen) atoms. The van der Waals surface area contributed by atoms with E-state index in [2.05, 4.69) is 4.98 Å². The predicted molar refractivity (Wildman–Crippen MR) is 70.1 cm³/mol. The molecule has 0 aliphatic carbocycles. The number of hydrogen-bond donors (Lipinski definition) is 0. The van der Waals surface area contributed by atoms with Crippen LogP contribution in [0.4, 0.5) is 0 Å². The molecule has 2 aromatic rings. The highest BCUT2D eigenvalue weighted by Gasteiger charge is 2.03. The summed E-state index contributed by atoms with van der Waals surface area (Å²) in [6.45, 7) is 1.98. The summed E-state index contributed by atoms with van der Waals surface area (Å²) >= 11 is 11.6. The third-order valence-corrected chi connectivity index (χ3v) is 2.82. The van der Waals surface area contributed by atoms with Crippen molar-refractivity contribution in [3.63, 3.8) is 0 Å². The number of aryl methyl sites for hydroxylation is 1. The minimum atomic E-state index is 0.500. The number of alkyl halides is 1. The first kappa shape index (κ1) is 12.2. The second kappa shape index (κ2) is 5.39. The van der Waals surface area contributed by atoms with Crippen LogP contribution >= 0.6 is 23.2 Å². The van der Waals surface area contributed by atoms with Crippen molar-refractivity contribution in [2.45, 2.75) is 12.8 Å². The van der Waals surface area contributed by atoms with E-state index in [-0.39, 0.29) is 0 Å². The number of rotatable bonds is 3. The first-order chi connectivity index (χ1) is 8.19. The minimum Gasteiger partial charge on any atom is -0.455 e. The molecule has 0 saturated heterocycles. The van der Waals surface area contributed by atoms with Gasteiger partial charge in [-0.2, -0.15) is 0 Å². The number of hydrogen-bond acceptors (Lipinski definition) is 2. The first-order valence-corrected chi connectivity index (χ1v) is 6.04. The summed E-state index contributed by atoms with van der Waals surface area (Å²) in [5.41, 5.74) is 2.10. The van der Waals surface area contributed by atoms with Crippen LogP contribution in [0.25, 0.3) is 0 Å². The average molecular weight is 268 g/mol. The molecule has 1 aromatic carbocycles. The largest absolute Gasteiger partial charge is 0.455 e. The van der Waals surface area contributed by atoms with E-state index in [9.17, 15) is 0 Å². The molecule has 2 rings (SSSR count). The van der Waals surface area contributed by atoms with Gasteiger partial charge in [0.2, 0.25) is 0 Å². The maximum Gasteiger partial charge on any atom is 0.147 e. The summed E-state index contributed by atoms with van der Waals surface area (Å²) < 4.78 is 5.70. The van der Waals surface area contributed by atoms with Crippen LogP contribution in [-0.2, 0) is 5.88 Å². The highest BCUT2D eigenvalue weighted by Crippen LogP contribution is 2.27. The molecular formula is C13H11Cl2NO. The monoisotopic (exact) mass is 267 g/mol. The second-order valence-electron chi connectivity index (χ2n) is 3.67. The smallest absolute Gasteiger partial charge is 0.147 e. The lowest BCUT2D eigenvalue weighted by Gasteiger charge is -2.09. The molecule has 0 aliphatic rings. The van der Waals surface area contributed by atoms with Gasteiger partial charge < -0.3 is 4.74 Å². The zero-order valence-corrected chi connectivity index (χ0v) is 10.8. The zero-order valence-electron chi connectivity index (χ0n) is 9.28. The Balaban J connectivity index is 2.24. The number of nitrogens with zero attached hydrogens (tertiary/aromatic N) is 1. The van der Waals surface area contributed by atoms with Crippen molar-refractivity contribution in [2.75, 3.05) is 0 Å². The van der Waals surface area contributed by atoms with E-state index in [0.29, 0.717) is 16.7 Å². The molecule has 4 heteroatoms. The van der Waals surface area contributed by atoms with Crippen LogP contribution in [0.5, 0.6) is 11.5 Å². The number of benzene rings is 1. The zero-order chi connectivity index (χ0) is 12.3. The van der Waals surface area contributed by atoms with E-state index in [1.165, 1.54) is 0 Å². The Kier molecular flexibility index (Phi) is 3.87. The highest BCUT2D eigenvalue weighted by molar-refractivity contribution is 6.30. The van der Waals surface area contributed by atoms with Crippen LogP contribution in [-0.4, -0.2) is 4.98 Å². The minimum absolute atomic E-state index is 0.500. The molecule has 0 amide bonds. The fourth-order valence-electron chi connectivity index (χ4n) is 1.48. The van der Waals surface area contributed by atoms with Crippen molar-refractivity contribution in [1.82, 2.24) is 4.98 Å². The van der Waals surface area contributed by atoms with E-state index in [0.717, 1.165) is 16.9 Å². The molecule has 0 saturated carbocycles. The van der Waals surface area contributed by atoms with E-state index < -0.39 is 0 Å². The lowest BCUT2D eigenvalue weighted by molar-refractivity contribution is 0.476. The molecule has 0 radical (unpaired) electrons. The first-order valence-electron chi connectivity index (χ1n) is 5.13. The van der Waals surface area contributed by atoms with Crippen molar-refractivity contribution < 1.29 is 4.74 Å². The number of halogens is 2. The lowest BCUT2D eigenvalue weighted by Crippen LogP contribution is -1.89. The maximum atomic E-state index is 5.84. The Morgan fingerprint density at radius 2 is 2.06 bits per heavy atom. The van der Waals surface area contributed by atoms with Gasteiger partial charge in [-0.15, -0.1) is 11.6 Å². The number of aromatic nitrogens is 1.